The van der Waals surface area contributed by atoms with E-state index in [1.165, 1.54) is 36.4 Å². The van der Waals surface area contributed by atoms with E-state index in [-0.39, 0.29) is 11.3 Å². The minimum Gasteiger partial charge on any atom is -0.490 e. The van der Waals surface area contributed by atoms with Gasteiger partial charge in [-0.2, -0.15) is 8.78 Å². The van der Waals surface area contributed by atoms with Gasteiger partial charge < -0.3 is 18.9 Å². The first-order chi connectivity index (χ1) is 14.0. The van der Waals surface area contributed by atoms with Gasteiger partial charge in [-0.3, -0.25) is 4.79 Å². The van der Waals surface area contributed by atoms with Crippen LogP contribution in [0.1, 0.15) is 22.3 Å². The quantitative estimate of drug-likeness (QED) is 0.396. The van der Waals surface area contributed by atoms with Crippen molar-refractivity contribution in [3.05, 3.63) is 59.7 Å². The zero-order valence-electron chi connectivity index (χ0n) is 15.3. The summed E-state index contributed by atoms with van der Waals surface area (Å²) in [6.45, 7) is -2.27. The fraction of sp³-hybridized carbons (Fsp3) is 0.238. The molecule has 29 heavy (non-hydrogen) atoms. The van der Waals surface area contributed by atoms with Crippen LogP contribution in [0.15, 0.2) is 48.5 Å². The number of ether oxygens (including phenoxy) is 4. The molecule has 1 heterocycles. The molecule has 1 aliphatic rings. The number of benzene rings is 2. The Bertz CT molecular complexity index is 893. The number of Topliss-reactive ketones (excluding diaryl/α,β-unsaturated/α-hetero) is 1. The lowest BCUT2D eigenvalue weighted by Gasteiger charge is -2.07. The van der Waals surface area contributed by atoms with Crippen LogP contribution in [-0.4, -0.2) is 38.2 Å². The van der Waals surface area contributed by atoms with E-state index in [4.69, 9.17) is 14.2 Å². The minimum atomic E-state index is -2.94. The molecule has 2 aromatic carbocycles. The number of alkyl halides is 2. The minimum absolute atomic E-state index is 0.0633. The van der Waals surface area contributed by atoms with E-state index in [2.05, 4.69) is 4.74 Å². The third-order valence-electron chi connectivity index (χ3n) is 3.93. The second kappa shape index (κ2) is 9.68. The van der Waals surface area contributed by atoms with E-state index >= 15 is 0 Å². The smallest absolute Gasteiger partial charge is 0.387 e. The number of carbonyl (C=O) groups excluding carboxylic acids is 2. The van der Waals surface area contributed by atoms with Gasteiger partial charge in [-0.1, -0.05) is 6.07 Å². The highest BCUT2D eigenvalue weighted by molar-refractivity contribution is 5.99. The van der Waals surface area contributed by atoms with Gasteiger partial charge in [-0.25, -0.2) is 4.79 Å². The highest BCUT2D eigenvalue weighted by Gasteiger charge is 2.11. The summed E-state index contributed by atoms with van der Waals surface area (Å²) < 4.78 is 44.5. The largest absolute Gasteiger partial charge is 0.490 e. The van der Waals surface area contributed by atoms with Gasteiger partial charge in [0.15, 0.2) is 23.9 Å². The molecule has 0 amide bonds. The Balaban J connectivity index is 1.51. The molecule has 0 aliphatic carbocycles. The van der Waals surface area contributed by atoms with Crippen LogP contribution in [0.5, 0.6) is 17.2 Å². The van der Waals surface area contributed by atoms with Crippen molar-refractivity contribution < 1.29 is 37.3 Å². The third kappa shape index (κ3) is 6.03. The van der Waals surface area contributed by atoms with E-state index in [1.807, 2.05) is 0 Å². The topological polar surface area (TPSA) is 71.1 Å². The molecule has 0 atom stereocenters. The molecule has 1 aliphatic heterocycles. The summed E-state index contributed by atoms with van der Waals surface area (Å²) in [5.74, 6) is 0.0332. The fourth-order valence-corrected chi connectivity index (χ4v) is 2.54. The zero-order chi connectivity index (χ0) is 20.6. The first-order valence-corrected chi connectivity index (χ1v) is 8.84. The first-order valence-electron chi connectivity index (χ1n) is 8.84. The van der Waals surface area contributed by atoms with Crippen LogP contribution >= 0.6 is 0 Å². The van der Waals surface area contributed by atoms with Crippen molar-refractivity contribution in [2.45, 2.75) is 13.0 Å². The normalized spacial score (nSPS) is 13.2. The fourth-order valence-electron chi connectivity index (χ4n) is 2.54. The number of carbonyl (C=O) groups is 2. The van der Waals surface area contributed by atoms with Crippen molar-refractivity contribution in [3.8, 4) is 17.2 Å². The van der Waals surface area contributed by atoms with E-state index in [9.17, 15) is 18.4 Å². The number of halogens is 2. The Morgan fingerprint density at radius 2 is 1.76 bits per heavy atom. The van der Waals surface area contributed by atoms with Gasteiger partial charge in [0, 0.05) is 18.1 Å². The molecule has 0 fully saturated rings. The Morgan fingerprint density at radius 1 is 1.03 bits per heavy atom. The van der Waals surface area contributed by atoms with E-state index in [1.54, 1.807) is 18.2 Å². The number of ketones is 1. The van der Waals surface area contributed by atoms with Crippen LogP contribution in [0.4, 0.5) is 8.78 Å². The molecule has 0 bridgehead atoms. The molecular weight excluding hydrogens is 386 g/mol. The number of fused-ring (bicyclic) bond motifs is 1. The summed E-state index contributed by atoms with van der Waals surface area (Å²) in [4.78, 5) is 23.9. The Hall–Kier alpha value is -3.42. The monoisotopic (exact) mass is 404 g/mol. The van der Waals surface area contributed by atoms with Crippen LogP contribution in [-0.2, 0) is 9.53 Å². The maximum absolute atomic E-state index is 12.1. The molecule has 8 heteroatoms. The lowest BCUT2D eigenvalue weighted by Crippen LogP contribution is -2.12. The summed E-state index contributed by atoms with van der Waals surface area (Å²) >= 11 is 0. The van der Waals surface area contributed by atoms with Gasteiger partial charge in [-0.05, 0) is 48.0 Å². The van der Waals surface area contributed by atoms with Crippen LogP contribution < -0.4 is 14.2 Å². The number of hydrogen-bond donors (Lipinski definition) is 0. The van der Waals surface area contributed by atoms with E-state index < -0.39 is 25.0 Å². The summed E-state index contributed by atoms with van der Waals surface area (Å²) in [6.07, 6.45) is 3.53. The van der Waals surface area contributed by atoms with Crippen LogP contribution in [0.3, 0.4) is 0 Å². The maximum Gasteiger partial charge on any atom is 0.387 e. The highest BCUT2D eigenvalue weighted by Crippen LogP contribution is 2.30. The number of esters is 1. The summed E-state index contributed by atoms with van der Waals surface area (Å²) in [7, 11) is 0. The lowest BCUT2D eigenvalue weighted by molar-refractivity contribution is -0.136. The molecule has 6 nitrogen and oxygen atoms in total. The highest BCUT2D eigenvalue weighted by atomic mass is 19.3. The molecule has 3 rings (SSSR count). The van der Waals surface area contributed by atoms with Crippen molar-refractivity contribution in [1.82, 2.24) is 0 Å². The number of hydrogen-bond acceptors (Lipinski definition) is 6. The first kappa shape index (κ1) is 20.3. The van der Waals surface area contributed by atoms with E-state index in [0.717, 1.165) is 6.42 Å². The average molecular weight is 404 g/mol. The van der Waals surface area contributed by atoms with Gasteiger partial charge in [0.1, 0.15) is 5.75 Å². The maximum atomic E-state index is 12.1. The van der Waals surface area contributed by atoms with Gasteiger partial charge in [-0.15, -0.1) is 0 Å². The van der Waals surface area contributed by atoms with Crippen molar-refractivity contribution in [2.24, 2.45) is 0 Å². The lowest BCUT2D eigenvalue weighted by atomic mass is 10.1. The van der Waals surface area contributed by atoms with Crippen molar-refractivity contribution in [3.63, 3.8) is 0 Å². The SMILES string of the molecule is O=C(/C=C/c1ccc2c(c1)OCCCO2)OCC(=O)c1ccc(OC(F)F)cc1. The Labute approximate surface area is 165 Å². The molecular formula is C21H18F2O6. The van der Waals surface area contributed by atoms with Gasteiger partial charge in [0.25, 0.3) is 0 Å². The summed E-state index contributed by atoms with van der Waals surface area (Å²) in [5.41, 5.74) is 0.929. The molecule has 0 saturated carbocycles. The second-order valence-electron chi connectivity index (χ2n) is 6.02. The van der Waals surface area contributed by atoms with Gasteiger partial charge in [0.05, 0.1) is 13.2 Å². The Kier molecular flexibility index (Phi) is 6.78. The molecule has 0 spiro atoms. The van der Waals surface area contributed by atoms with Crippen molar-refractivity contribution in [2.75, 3.05) is 19.8 Å². The van der Waals surface area contributed by atoms with Gasteiger partial charge >= 0.3 is 12.6 Å². The zero-order valence-corrected chi connectivity index (χ0v) is 15.3. The van der Waals surface area contributed by atoms with Crippen molar-refractivity contribution >= 4 is 17.8 Å². The standard InChI is InChI=1S/C21H18F2O6/c22-21(23)29-16-6-4-15(5-7-16)17(24)13-28-20(25)9-3-14-2-8-18-19(12-14)27-11-1-10-26-18/h2-9,12,21H,1,10-11,13H2/b9-3+. The molecule has 0 radical (unpaired) electrons. The Morgan fingerprint density at radius 3 is 2.48 bits per heavy atom. The second-order valence-corrected chi connectivity index (χ2v) is 6.02. The number of rotatable bonds is 7. The molecule has 0 saturated heterocycles. The van der Waals surface area contributed by atoms with Crippen LogP contribution in [0.25, 0.3) is 6.08 Å². The molecule has 0 aromatic heterocycles. The summed E-state index contributed by atoms with van der Waals surface area (Å²) in [6, 6.07) is 10.4. The van der Waals surface area contributed by atoms with Crippen molar-refractivity contribution in [1.29, 1.82) is 0 Å². The molecule has 152 valence electrons. The molecule has 0 N–H and O–H groups in total. The predicted molar refractivity (Wildman–Crippen MR) is 99.4 cm³/mol. The van der Waals surface area contributed by atoms with Crippen LogP contribution in [0.2, 0.25) is 0 Å². The molecule has 2 aromatic rings. The summed E-state index contributed by atoms with van der Waals surface area (Å²) in [5, 5.41) is 0. The third-order valence-corrected chi connectivity index (χ3v) is 3.93. The average Bonchev–Trinajstić information content (AvgIpc) is 2.95. The van der Waals surface area contributed by atoms with Crippen LogP contribution in [0, 0.1) is 0 Å². The predicted octanol–water partition coefficient (Wildman–Crippen LogP) is 3.89. The molecule has 0 unspecified atom stereocenters. The van der Waals surface area contributed by atoms with Gasteiger partial charge in [0.2, 0.25) is 0 Å². The van der Waals surface area contributed by atoms with E-state index in [0.29, 0.717) is 30.3 Å².